The quantitative estimate of drug-likeness (QED) is 0.350. The first-order chi connectivity index (χ1) is 9.33. The minimum Gasteiger partial charge on any atom is -0.462 e. The van der Waals surface area contributed by atoms with Gasteiger partial charge in [0.1, 0.15) is 6.10 Å². The highest BCUT2D eigenvalue weighted by Crippen LogP contribution is 2.20. The van der Waals surface area contributed by atoms with Crippen LogP contribution in [0.3, 0.4) is 0 Å². The first kappa shape index (κ1) is 16.5. The van der Waals surface area contributed by atoms with Crippen molar-refractivity contribution in [3.63, 3.8) is 0 Å². The van der Waals surface area contributed by atoms with Crippen LogP contribution in [0.2, 0.25) is 0 Å². The number of carbonyl (C=O) groups excluding carboxylic acids is 1. The summed E-state index contributed by atoms with van der Waals surface area (Å²) in [6.07, 6.45) is 18.1. The summed E-state index contributed by atoms with van der Waals surface area (Å²) in [6, 6.07) is 0. The van der Waals surface area contributed by atoms with Crippen molar-refractivity contribution in [1.29, 1.82) is 0 Å². The summed E-state index contributed by atoms with van der Waals surface area (Å²) in [6.45, 7) is 2.27. The number of rotatable bonds is 12. The van der Waals surface area contributed by atoms with Crippen molar-refractivity contribution < 1.29 is 9.53 Å². The second kappa shape index (κ2) is 11.3. The smallest absolute Gasteiger partial charge is 0.306 e. The monoisotopic (exact) mass is 268 g/mol. The fourth-order valence-corrected chi connectivity index (χ4v) is 2.82. The zero-order chi connectivity index (χ0) is 13.8. The van der Waals surface area contributed by atoms with Crippen LogP contribution in [0.1, 0.15) is 96.8 Å². The summed E-state index contributed by atoms with van der Waals surface area (Å²) in [5.41, 5.74) is 0. The molecule has 0 bridgehead atoms. The SMILES string of the molecule is CCCCCCCCCCCCCC1CCC(=O)O1. The van der Waals surface area contributed by atoms with E-state index in [1.54, 1.807) is 0 Å². The minimum absolute atomic E-state index is 0.00748. The van der Waals surface area contributed by atoms with Crippen LogP contribution in [0.15, 0.2) is 0 Å². The van der Waals surface area contributed by atoms with E-state index >= 15 is 0 Å². The summed E-state index contributed by atoms with van der Waals surface area (Å²) < 4.78 is 5.21. The molecule has 2 heteroatoms. The molecule has 1 atom stereocenters. The molecule has 1 heterocycles. The minimum atomic E-state index is 0.00748. The van der Waals surface area contributed by atoms with E-state index in [4.69, 9.17) is 4.74 Å². The Hall–Kier alpha value is -0.530. The largest absolute Gasteiger partial charge is 0.462 e. The lowest BCUT2D eigenvalue weighted by molar-refractivity contribution is -0.141. The molecule has 0 radical (unpaired) electrons. The molecule has 0 N–H and O–H groups in total. The predicted octanol–water partition coefficient (Wildman–Crippen LogP) is 5.39. The Morgan fingerprint density at radius 3 is 1.89 bits per heavy atom. The van der Waals surface area contributed by atoms with Gasteiger partial charge in [0.15, 0.2) is 0 Å². The van der Waals surface area contributed by atoms with E-state index in [1.165, 1.54) is 70.6 Å². The van der Waals surface area contributed by atoms with Crippen LogP contribution in [0.4, 0.5) is 0 Å². The van der Waals surface area contributed by atoms with Crippen LogP contribution >= 0.6 is 0 Å². The summed E-state index contributed by atoms with van der Waals surface area (Å²) in [5, 5.41) is 0. The Kier molecular flexibility index (Phi) is 9.84. The molecule has 0 aromatic heterocycles. The first-order valence-electron chi connectivity index (χ1n) is 8.52. The summed E-state index contributed by atoms with van der Waals surface area (Å²) in [4.78, 5) is 10.9. The molecular formula is C17H32O2. The van der Waals surface area contributed by atoms with Crippen molar-refractivity contribution in [3.8, 4) is 0 Å². The molecule has 0 amide bonds. The van der Waals surface area contributed by atoms with Gasteiger partial charge in [-0.3, -0.25) is 4.79 Å². The van der Waals surface area contributed by atoms with Gasteiger partial charge in [0.2, 0.25) is 0 Å². The Morgan fingerprint density at radius 2 is 1.42 bits per heavy atom. The third-order valence-corrected chi connectivity index (χ3v) is 4.10. The maximum absolute atomic E-state index is 10.9. The van der Waals surface area contributed by atoms with Gasteiger partial charge in [0.05, 0.1) is 0 Å². The van der Waals surface area contributed by atoms with Crippen LogP contribution in [-0.4, -0.2) is 12.1 Å². The molecule has 0 aliphatic carbocycles. The van der Waals surface area contributed by atoms with Crippen LogP contribution in [0.5, 0.6) is 0 Å². The van der Waals surface area contributed by atoms with Crippen molar-refractivity contribution in [3.05, 3.63) is 0 Å². The van der Waals surface area contributed by atoms with Crippen molar-refractivity contribution in [1.82, 2.24) is 0 Å². The Bertz CT molecular complexity index is 225. The number of carbonyl (C=O) groups is 1. The molecule has 1 unspecified atom stereocenters. The lowest BCUT2D eigenvalue weighted by Gasteiger charge is -2.08. The normalized spacial score (nSPS) is 18.8. The molecule has 2 nitrogen and oxygen atoms in total. The number of ether oxygens (including phenoxy) is 1. The van der Waals surface area contributed by atoms with Crippen molar-refractivity contribution in [2.24, 2.45) is 0 Å². The summed E-state index contributed by atoms with van der Waals surface area (Å²) >= 11 is 0. The Morgan fingerprint density at radius 1 is 0.895 bits per heavy atom. The number of unbranched alkanes of at least 4 members (excludes halogenated alkanes) is 10. The third kappa shape index (κ3) is 9.07. The standard InChI is InChI=1S/C17H32O2/c1-2-3-4-5-6-7-8-9-10-11-12-13-16-14-15-17(18)19-16/h16H,2-15H2,1H3. The van der Waals surface area contributed by atoms with Crippen molar-refractivity contribution in [2.75, 3.05) is 0 Å². The lowest BCUT2D eigenvalue weighted by Crippen LogP contribution is -2.06. The number of esters is 1. The second-order valence-corrected chi connectivity index (χ2v) is 5.97. The highest BCUT2D eigenvalue weighted by molar-refractivity contribution is 5.71. The van der Waals surface area contributed by atoms with Gasteiger partial charge in [-0.15, -0.1) is 0 Å². The molecule has 1 aliphatic heterocycles. The molecule has 0 aromatic rings. The zero-order valence-electron chi connectivity index (χ0n) is 12.8. The van der Waals surface area contributed by atoms with Gasteiger partial charge in [-0.2, -0.15) is 0 Å². The van der Waals surface area contributed by atoms with Crippen LogP contribution in [-0.2, 0) is 9.53 Å². The Labute approximate surface area is 119 Å². The molecule has 1 aliphatic rings. The molecule has 0 aromatic carbocycles. The third-order valence-electron chi connectivity index (χ3n) is 4.10. The highest BCUT2D eigenvalue weighted by Gasteiger charge is 2.22. The van der Waals surface area contributed by atoms with Gasteiger partial charge in [-0.1, -0.05) is 71.1 Å². The lowest BCUT2D eigenvalue weighted by atomic mass is 10.0. The van der Waals surface area contributed by atoms with Crippen LogP contribution in [0, 0.1) is 0 Å². The molecule has 1 fully saturated rings. The van der Waals surface area contributed by atoms with Gasteiger partial charge in [0, 0.05) is 6.42 Å². The van der Waals surface area contributed by atoms with Crippen LogP contribution < -0.4 is 0 Å². The second-order valence-electron chi connectivity index (χ2n) is 5.97. The molecule has 112 valence electrons. The van der Waals surface area contributed by atoms with E-state index in [2.05, 4.69) is 6.92 Å². The van der Waals surface area contributed by atoms with E-state index in [0.717, 1.165) is 12.8 Å². The predicted molar refractivity (Wildman–Crippen MR) is 80.2 cm³/mol. The van der Waals surface area contributed by atoms with E-state index in [9.17, 15) is 4.79 Å². The van der Waals surface area contributed by atoms with Crippen molar-refractivity contribution >= 4 is 5.97 Å². The zero-order valence-corrected chi connectivity index (χ0v) is 12.8. The molecular weight excluding hydrogens is 236 g/mol. The topological polar surface area (TPSA) is 26.3 Å². The van der Waals surface area contributed by atoms with E-state index in [-0.39, 0.29) is 12.1 Å². The fourth-order valence-electron chi connectivity index (χ4n) is 2.82. The molecule has 1 rings (SSSR count). The van der Waals surface area contributed by atoms with Gasteiger partial charge in [-0.25, -0.2) is 0 Å². The van der Waals surface area contributed by atoms with Gasteiger partial charge in [-0.05, 0) is 19.3 Å². The Balaban J connectivity index is 1.73. The maximum Gasteiger partial charge on any atom is 0.306 e. The fraction of sp³-hybridized carbons (Fsp3) is 0.941. The van der Waals surface area contributed by atoms with Gasteiger partial charge >= 0.3 is 5.97 Å². The van der Waals surface area contributed by atoms with Gasteiger partial charge < -0.3 is 4.74 Å². The van der Waals surface area contributed by atoms with E-state index < -0.39 is 0 Å². The first-order valence-corrected chi connectivity index (χ1v) is 8.52. The molecule has 0 spiro atoms. The molecule has 1 saturated heterocycles. The average molecular weight is 268 g/mol. The van der Waals surface area contributed by atoms with Crippen LogP contribution in [0.25, 0.3) is 0 Å². The average Bonchev–Trinajstić information content (AvgIpc) is 2.82. The van der Waals surface area contributed by atoms with E-state index in [0.29, 0.717) is 6.42 Å². The molecule has 0 saturated carbocycles. The summed E-state index contributed by atoms with van der Waals surface area (Å²) in [5.74, 6) is 0.00748. The number of hydrogen-bond acceptors (Lipinski definition) is 2. The summed E-state index contributed by atoms with van der Waals surface area (Å²) in [7, 11) is 0. The molecule has 19 heavy (non-hydrogen) atoms. The highest BCUT2D eigenvalue weighted by atomic mass is 16.5. The maximum atomic E-state index is 10.9. The van der Waals surface area contributed by atoms with Crippen molar-refractivity contribution in [2.45, 2.75) is 103 Å². The number of hydrogen-bond donors (Lipinski definition) is 0. The number of cyclic esters (lactones) is 1. The van der Waals surface area contributed by atoms with Gasteiger partial charge in [0.25, 0.3) is 0 Å². The van der Waals surface area contributed by atoms with E-state index in [1.807, 2.05) is 0 Å².